The molecule has 0 aliphatic rings. The number of ether oxygens (including phenoxy) is 1. The van der Waals surface area contributed by atoms with Gasteiger partial charge in [-0.2, -0.15) is 0 Å². The summed E-state index contributed by atoms with van der Waals surface area (Å²) in [5.41, 5.74) is 0.999. The van der Waals surface area contributed by atoms with E-state index in [9.17, 15) is 4.79 Å². The van der Waals surface area contributed by atoms with E-state index in [-0.39, 0.29) is 6.09 Å². The van der Waals surface area contributed by atoms with Crippen LogP contribution in [0.2, 0.25) is 0 Å². The number of hydrogen-bond donors (Lipinski definition) is 1. The second-order valence-corrected chi connectivity index (χ2v) is 5.30. The molecule has 1 rings (SSSR count). The summed E-state index contributed by atoms with van der Waals surface area (Å²) in [6, 6.07) is 9.62. The molecule has 0 radical (unpaired) electrons. The van der Waals surface area contributed by atoms with E-state index in [1.807, 2.05) is 51.1 Å². The number of nitrogens with one attached hydrogen (secondary N) is 1. The fourth-order valence-corrected chi connectivity index (χ4v) is 1.75. The first-order chi connectivity index (χ1) is 10.2. The monoisotopic (exact) mass is 313 g/mol. The Labute approximate surface area is 132 Å². The van der Waals surface area contributed by atoms with Gasteiger partial charge in [-0.15, -0.1) is 8.58 Å². The van der Waals surface area contributed by atoms with Crippen LogP contribution in [0.4, 0.5) is 4.79 Å². The molecule has 1 atom stereocenters. The molecule has 1 amide bonds. The van der Waals surface area contributed by atoms with Crippen LogP contribution in [0.15, 0.2) is 30.3 Å². The first-order valence-electron chi connectivity index (χ1n) is 7.83. The van der Waals surface area contributed by atoms with Crippen molar-refractivity contribution in [3.8, 4) is 0 Å². The molecular formula is C17H32NO2P. The lowest BCUT2D eigenvalue weighted by atomic mass is 10.2. The SMILES string of the molecule is CC.CCCNC(=O)OCc1ccccc1.CCCPC. The largest absolute Gasteiger partial charge is 0.445 e. The van der Waals surface area contributed by atoms with Gasteiger partial charge in [0.25, 0.3) is 0 Å². The fourth-order valence-electron chi connectivity index (χ4n) is 1.25. The number of benzene rings is 1. The van der Waals surface area contributed by atoms with Gasteiger partial charge in [0.1, 0.15) is 6.61 Å². The Bertz CT molecular complexity index is 316. The molecule has 3 nitrogen and oxygen atoms in total. The molecule has 0 spiro atoms. The second kappa shape index (κ2) is 18.9. The number of hydrogen-bond acceptors (Lipinski definition) is 2. The van der Waals surface area contributed by atoms with Crippen molar-refractivity contribution in [2.45, 2.75) is 47.1 Å². The van der Waals surface area contributed by atoms with Gasteiger partial charge in [-0.05, 0) is 24.8 Å². The molecule has 0 fully saturated rings. The van der Waals surface area contributed by atoms with Crippen molar-refractivity contribution < 1.29 is 9.53 Å². The molecule has 0 aliphatic carbocycles. The summed E-state index contributed by atoms with van der Waals surface area (Å²) in [6.07, 6.45) is 3.34. The van der Waals surface area contributed by atoms with Gasteiger partial charge >= 0.3 is 6.09 Å². The van der Waals surface area contributed by atoms with Gasteiger partial charge in [-0.3, -0.25) is 0 Å². The lowest BCUT2D eigenvalue weighted by Crippen LogP contribution is -2.24. The summed E-state index contributed by atoms with van der Waals surface area (Å²) in [4.78, 5) is 11.0. The standard InChI is InChI=1S/C11H15NO2.C4H11P.C2H6/c1-2-8-12-11(13)14-9-10-6-4-3-5-7-10;1-3-4-5-2;1-2/h3-7H,2,8-9H2,1H3,(H,12,13);5H,3-4H2,1-2H3;1-2H3. The molecule has 4 heteroatoms. The van der Waals surface area contributed by atoms with Gasteiger partial charge in [0.2, 0.25) is 0 Å². The van der Waals surface area contributed by atoms with Crippen LogP contribution in [0.3, 0.4) is 0 Å². The minimum atomic E-state index is -0.351. The van der Waals surface area contributed by atoms with Gasteiger partial charge in [0.15, 0.2) is 0 Å². The number of amides is 1. The molecule has 0 heterocycles. The lowest BCUT2D eigenvalue weighted by Gasteiger charge is -2.05. The van der Waals surface area contributed by atoms with Crippen molar-refractivity contribution >= 4 is 14.7 Å². The third-order valence-electron chi connectivity index (χ3n) is 2.23. The molecule has 1 unspecified atom stereocenters. The average Bonchev–Trinajstić information content (AvgIpc) is 2.55. The third kappa shape index (κ3) is 16.9. The fraction of sp³-hybridized carbons (Fsp3) is 0.588. The van der Waals surface area contributed by atoms with Crippen LogP contribution in [0, 0.1) is 0 Å². The molecule has 1 aromatic carbocycles. The maximum atomic E-state index is 11.0. The van der Waals surface area contributed by atoms with E-state index in [0.717, 1.165) is 20.6 Å². The minimum Gasteiger partial charge on any atom is -0.445 e. The summed E-state index contributed by atoms with van der Waals surface area (Å²) in [5, 5.41) is 2.64. The van der Waals surface area contributed by atoms with Crippen LogP contribution in [-0.2, 0) is 11.3 Å². The summed E-state index contributed by atoms with van der Waals surface area (Å²) in [5.74, 6) is 0. The van der Waals surface area contributed by atoms with Crippen molar-refractivity contribution in [1.29, 1.82) is 0 Å². The molecule has 0 saturated heterocycles. The normalized spacial score (nSPS) is 9.19. The smallest absolute Gasteiger partial charge is 0.407 e. The first kappa shape index (κ1) is 22.2. The number of carbonyl (C=O) groups is 1. The van der Waals surface area contributed by atoms with E-state index in [4.69, 9.17) is 4.74 Å². The van der Waals surface area contributed by atoms with Gasteiger partial charge < -0.3 is 10.1 Å². The van der Waals surface area contributed by atoms with Crippen LogP contribution in [0.1, 0.15) is 46.1 Å². The molecule has 122 valence electrons. The predicted molar refractivity (Wildman–Crippen MR) is 95.7 cm³/mol. The topological polar surface area (TPSA) is 38.3 Å². The van der Waals surface area contributed by atoms with Gasteiger partial charge in [-0.1, -0.05) is 64.4 Å². The Balaban J connectivity index is 0. The van der Waals surface area contributed by atoms with E-state index in [1.165, 1.54) is 12.6 Å². The Hall–Kier alpha value is -1.08. The van der Waals surface area contributed by atoms with Gasteiger partial charge in [0, 0.05) is 6.54 Å². The quantitative estimate of drug-likeness (QED) is 0.746. The molecule has 1 N–H and O–H groups in total. The maximum Gasteiger partial charge on any atom is 0.407 e. The summed E-state index contributed by atoms with van der Waals surface area (Å²) >= 11 is 0. The lowest BCUT2D eigenvalue weighted by molar-refractivity contribution is 0.139. The van der Waals surface area contributed by atoms with E-state index in [1.54, 1.807) is 0 Å². The Kier molecular flexibility index (Phi) is 20.0. The Morgan fingerprint density at radius 3 is 2.19 bits per heavy atom. The summed E-state index contributed by atoms with van der Waals surface area (Å²) < 4.78 is 4.98. The molecule has 0 aliphatic heterocycles. The number of alkyl carbamates (subject to hydrolysis) is 1. The number of carbonyl (C=O) groups excluding carboxylic acids is 1. The zero-order valence-electron chi connectivity index (χ0n) is 14.2. The van der Waals surface area contributed by atoms with E-state index >= 15 is 0 Å². The van der Waals surface area contributed by atoms with Crippen LogP contribution < -0.4 is 5.32 Å². The predicted octanol–water partition coefficient (Wildman–Crippen LogP) is 5.05. The Morgan fingerprint density at radius 2 is 1.76 bits per heavy atom. The molecular weight excluding hydrogens is 281 g/mol. The third-order valence-corrected chi connectivity index (χ3v) is 3.23. The van der Waals surface area contributed by atoms with Gasteiger partial charge in [-0.25, -0.2) is 4.79 Å². The summed E-state index contributed by atoms with van der Waals surface area (Å²) in [6.45, 7) is 11.4. The van der Waals surface area contributed by atoms with E-state index < -0.39 is 0 Å². The highest BCUT2D eigenvalue weighted by Crippen LogP contribution is 2.01. The number of rotatable bonds is 6. The molecule has 1 aromatic rings. The minimum absolute atomic E-state index is 0.330. The van der Waals surface area contributed by atoms with E-state index in [2.05, 4.69) is 18.9 Å². The molecule has 0 aromatic heterocycles. The van der Waals surface area contributed by atoms with E-state index in [0.29, 0.717) is 13.2 Å². The second-order valence-electron chi connectivity index (χ2n) is 4.09. The van der Waals surface area contributed by atoms with Gasteiger partial charge in [0.05, 0.1) is 0 Å². The van der Waals surface area contributed by atoms with Crippen molar-refractivity contribution in [3.63, 3.8) is 0 Å². The Morgan fingerprint density at radius 1 is 1.14 bits per heavy atom. The van der Waals surface area contributed by atoms with Crippen molar-refractivity contribution in [3.05, 3.63) is 35.9 Å². The van der Waals surface area contributed by atoms with Crippen LogP contribution >= 0.6 is 8.58 Å². The highest BCUT2D eigenvalue weighted by molar-refractivity contribution is 7.36. The average molecular weight is 313 g/mol. The van der Waals surface area contributed by atoms with Crippen molar-refractivity contribution in [1.82, 2.24) is 5.32 Å². The highest BCUT2D eigenvalue weighted by Gasteiger charge is 1.99. The maximum absolute atomic E-state index is 11.0. The van der Waals surface area contributed by atoms with Crippen molar-refractivity contribution in [2.75, 3.05) is 19.4 Å². The molecule has 0 bridgehead atoms. The summed E-state index contributed by atoms with van der Waals surface area (Å²) in [7, 11) is 1.16. The first-order valence-corrected chi connectivity index (χ1v) is 9.54. The molecule has 21 heavy (non-hydrogen) atoms. The molecule has 0 saturated carbocycles. The van der Waals surface area contributed by atoms with Crippen molar-refractivity contribution in [2.24, 2.45) is 0 Å². The highest BCUT2D eigenvalue weighted by atomic mass is 31.1. The van der Waals surface area contributed by atoms with Crippen LogP contribution in [-0.4, -0.2) is 25.5 Å². The van der Waals surface area contributed by atoms with Crippen LogP contribution in [0.25, 0.3) is 0 Å². The van der Waals surface area contributed by atoms with Crippen LogP contribution in [0.5, 0.6) is 0 Å². The zero-order valence-corrected chi connectivity index (χ0v) is 15.2. The zero-order chi connectivity index (χ0) is 16.3.